The van der Waals surface area contributed by atoms with Gasteiger partial charge in [-0.1, -0.05) is 36.4 Å². The zero-order valence-corrected chi connectivity index (χ0v) is 13.0. The van der Waals surface area contributed by atoms with E-state index in [0.29, 0.717) is 0 Å². The fourth-order valence-electron chi connectivity index (χ4n) is 3.16. The maximum absolute atomic E-state index is 2.52. The van der Waals surface area contributed by atoms with E-state index in [1.807, 2.05) is 0 Å². The van der Waals surface area contributed by atoms with Crippen LogP contribution in [-0.4, -0.2) is 32.1 Å². The topological polar surface area (TPSA) is 6.48 Å². The molecule has 1 aliphatic heterocycles. The first kappa shape index (κ1) is 14.2. The number of benzene rings is 2. The molecule has 0 bridgehead atoms. The van der Waals surface area contributed by atoms with Crippen LogP contribution in [0.5, 0.6) is 0 Å². The summed E-state index contributed by atoms with van der Waals surface area (Å²) in [5.74, 6) is 0. The lowest BCUT2D eigenvalue weighted by atomic mass is 10.0. The lowest BCUT2D eigenvalue weighted by Crippen LogP contribution is -2.23. The van der Waals surface area contributed by atoms with Gasteiger partial charge in [-0.15, -0.1) is 0 Å². The molecule has 2 aromatic rings. The Kier molecular flexibility index (Phi) is 4.26. The Hall–Kier alpha value is -1.80. The van der Waals surface area contributed by atoms with Gasteiger partial charge in [0.05, 0.1) is 0 Å². The molecule has 2 nitrogen and oxygen atoms in total. The van der Waals surface area contributed by atoms with Crippen molar-refractivity contribution in [2.24, 2.45) is 0 Å². The predicted molar refractivity (Wildman–Crippen MR) is 90.5 cm³/mol. The molecule has 2 aromatic carbocycles. The van der Waals surface area contributed by atoms with Crippen LogP contribution in [0, 0.1) is 0 Å². The van der Waals surface area contributed by atoms with Crippen molar-refractivity contribution in [1.29, 1.82) is 0 Å². The minimum absolute atomic E-state index is 1.08. The summed E-state index contributed by atoms with van der Waals surface area (Å²) in [4.78, 5) is 4.77. The summed E-state index contributed by atoms with van der Waals surface area (Å²) < 4.78 is 0. The summed E-state index contributed by atoms with van der Waals surface area (Å²) in [6.07, 6.45) is 3.45. The number of aryl methyl sites for hydroxylation is 2. The normalized spacial score (nSPS) is 13.8. The van der Waals surface area contributed by atoms with Crippen molar-refractivity contribution in [3.63, 3.8) is 0 Å². The van der Waals surface area contributed by atoms with E-state index >= 15 is 0 Å². The van der Waals surface area contributed by atoms with Crippen LogP contribution in [0.2, 0.25) is 0 Å². The maximum Gasteiger partial charge on any atom is 0.0443 e. The van der Waals surface area contributed by atoms with Gasteiger partial charge in [0.25, 0.3) is 0 Å². The van der Waals surface area contributed by atoms with Crippen LogP contribution in [-0.2, 0) is 12.8 Å². The van der Waals surface area contributed by atoms with Gasteiger partial charge in [0, 0.05) is 17.9 Å². The lowest BCUT2D eigenvalue weighted by Gasteiger charge is -2.27. The summed E-state index contributed by atoms with van der Waals surface area (Å²) in [5.41, 5.74) is 5.72. The summed E-state index contributed by atoms with van der Waals surface area (Å²) in [7, 11) is 4.29. The fraction of sp³-hybridized carbons (Fsp3) is 0.368. The molecule has 3 rings (SSSR count). The Labute approximate surface area is 128 Å². The van der Waals surface area contributed by atoms with Gasteiger partial charge < -0.3 is 9.80 Å². The van der Waals surface area contributed by atoms with Crippen LogP contribution < -0.4 is 4.90 Å². The van der Waals surface area contributed by atoms with Crippen LogP contribution in [0.15, 0.2) is 48.5 Å². The number of anilines is 2. The van der Waals surface area contributed by atoms with Crippen LogP contribution >= 0.6 is 0 Å². The molecular weight excluding hydrogens is 255 g/mol. The van der Waals surface area contributed by atoms with Crippen LogP contribution in [0.4, 0.5) is 11.4 Å². The average Bonchev–Trinajstić information content (AvgIpc) is 2.65. The summed E-state index contributed by atoms with van der Waals surface area (Å²) >= 11 is 0. The second kappa shape index (κ2) is 6.31. The van der Waals surface area contributed by atoms with E-state index in [-0.39, 0.29) is 0 Å². The lowest BCUT2D eigenvalue weighted by molar-refractivity contribution is 0.402. The summed E-state index contributed by atoms with van der Waals surface area (Å²) in [6, 6.07) is 17.7. The van der Waals surface area contributed by atoms with Gasteiger partial charge >= 0.3 is 0 Å². The fourth-order valence-corrected chi connectivity index (χ4v) is 3.16. The van der Waals surface area contributed by atoms with E-state index in [2.05, 4.69) is 72.4 Å². The molecule has 0 aliphatic carbocycles. The Morgan fingerprint density at radius 3 is 1.90 bits per heavy atom. The number of rotatable bonds is 4. The van der Waals surface area contributed by atoms with Crippen molar-refractivity contribution in [2.45, 2.75) is 19.3 Å². The highest BCUT2D eigenvalue weighted by atomic mass is 15.1. The first-order valence-corrected chi connectivity index (χ1v) is 7.84. The van der Waals surface area contributed by atoms with Crippen molar-refractivity contribution in [3.8, 4) is 0 Å². The monoisotopic (exact) mass is 279 g/mol. The highest BCUT2D eigenvalue weighted by molar-refractivity contribution is 5.71. The van der Waals surface area contributed by atoms with Crippen molar-refractivity contribution in [2.75, 3.05) is 32.1 Å². The van der Waals surface area contributed by atoms with E-state index in [9.17, 15) is 0 Å². The number of fused-ring (bicyclic) bond motifs is 2. The van der Waals surface area contributed by atoms with Crippen molar-refractivity contribution in [1.82, 2.24) is 4.90 Å². The molecule has 0 amide bonds. The Bertz CT molecular complexity index is 557. The molecule has 0 spiro atoms. The van der Waals surface area contributed by atoms with E-state index in [0.717, 1.165) is 25.9 Å². The highest BCUT2D eigenvalue weighted by Crippen LogP contribution is 2.35. The molecule has 0 N–H and O–H groups in total. The standard InChI is InChI=1S/C19H24N2/c1-20(2)14-7-15-21-18-10-5-3-8-16(18)12-13-17-9-4-6-11-19(17)21/h3-6,8-11H,7,12-15H2,1-2H3/i1-1. The van der Waals surface area contributed by atoms with Crippen molar-refractivity contribution < 1.29 is 0 Å². The van der Waals surface area contributed by atoms with E-state index < -0.39 is 0 Å². The van der Waals surface area contributed by atoms with E-state index in [1.165, 1.54) is 28.9 Å². The molecular formula is C19H24N2. The molecule has 21 heavy (non-hydrogen) atoms. The number of nitrogens with zero attached hydrogens (tertiary/aromatic N) is 2. The minimum Gasteiger partial charge on any atom is -0.341 e. The molecule has 0 radical (unpaired) electrons. The molecule has 0 fully saturated rings. The first-order valence-electron chi connectivity index (χ1n) is 7.84. The SMILES string of the molecule is CN([11CH3])CCCN1c2ccccc2CCc2ccccc21. The Balaban J connectivity index is 1.95. The minimum atomic E-state index is 1.08. The summed E-state index contributed by atoms with van der Waals surface area (Å²) in [6.45, 7) is 2.20. The number of hydrogen-bond donors (Lipinski definition) is 0. The van der Waals surface area contributed by atoms with E-state index in [1.54, 1.807) is 0 Å². The average molecular weight is 279 g/mol. The molecule has 0 unspecified atom stereocenters. The molecule has 110 valence electrons. The molecule has 1 aliphatic rings. The molecule has 1 heterocycles. The van der Waals surface area contributed by atoms with Gasteiger partial charge in [0.15, 0.2) is 0 Å². The third-order valence-electron chi connectivity index (χ3n) is 4.22. The van der Waals surface area contributed by atoms with Gasteiger partial charge in [0.2, 0.25) is 0 Å². The Morgan fingerprint density at radius 1 is 0.857 bits per heavy atom. The summed E-state index contributed by atoms with van der Waals surface area (Å²) in [5, 5.41) is 0. The first-order chi connectivity index (χ1) is 10.3. The molecule has 0 saturated carbocycles. The van der Waals surface area contributed by atoms with Crippen LogP contribution in [0.25, 0.3) is 0 Å². The maximum atomic E-state index is 2.52. The van der Waals surface area contributed by atoms with Gasteiger partial charge in [-0.3, -0.25) is 0 Å². The second-order valence-corrected chi connectivity index (χ2v) is 6.07. The van der Waals surface area contributed by atoms with Crippen molar-refractivity contribution in [3.05, 3.63) is 59.7 Å². The zero-order chi connectivity index (χ0) is 14.7. The highest BCUT2D eigenvalue weighted by Gasteiger charge is 2.19. The van der Waals surface area contributed by atoms with Crippen molar-refractivity contribution >= 4 is 11.4 Å². The zero-order valence-electron chi connectivity index (χ0n) is 13.0. The number of para-hydroxylation sites is 2. The number of hydrogen-bond acceptors (Lipinski definition) is 2. The third kappa shape index (κ3) is 3.11. The predicted octanol–water partition coefficient (Wildman–Crippen LogP) is 3.88. The smallest absolute Gasteiger partial charge is 0.0443 e. The second-order valence-electron chi connectivity index (χ2n) is 6.07. The largest absolute Gasteiger partial charge is 0.341 e. The van der Waals surface area contributed by atoms with Crippen LogP contribution in [0.3, 0.4) is 0 Å². The van der Waals surface area contributed by atoms with Gasteiger partial charge in [-0.25, -0.2) is 0 Å². The quantitative estimate of drug-likeness (QED) is 0.838. The molecule has 0 aromatic heterocycles. The van der Waals surface area contributed by atoms with Gasteiger partial charge in [0.1, 0.15) is 0 Å². The van der Waals surface area contributed by atoms with Crippen LogP contribution in [0.1, 0.15) is 17.5 Å². The third-order valence-corrected chi connectivity index (χ3v) is 4.22. The van der Waals surface area contributed by atoms with Gasteiger partial charge in [-0.05, 0) is 63.2 Å². The molecule has 0 atom stereocenters. The van der Waals surface area contributed by atoms with Gasteiger partial charge in [-0.2, -0.15) is 0 Å². The van der Waals surface area contributed by atoms with E-state index in [4.69, 9.17) is 0 Å². The Morgan fingerprint density at radius 2 is 1.38 bits per heavy atom. The molecule has 0 saturated heterocycles. The molecule has 2 heteroatoms.